The highest BCUT2D eigenvalue weighted by Gasteiger charge is 2.08. The van der Waals surface area contributed by atoms with E-state index < -0.39 is 0 Å². The minimum atomic E-state index is -0.197. The molecule has 0 saturated carbocycles. The zero-order valence-corrected chi connectivity index (χ0v) is 8.89. The molecule has 1 unspecified atom stereocenters. The van der Waals surface area contributed by atoms with Gasteiger partial charge in [0, 0.05) is 6.04 Å². The molecule has 1 aromatic carbocycles. The number of benzene rings is 1. The summed E-state index contributed by atoms with van der Waals surface area (Å²) >= 11 is 0. The van der Waals surface area contributed by atoms with Crippen molar-refractivity contribution in [2.24, 2.45) is 5.73 Å². The first kappa shape index (κ1) is 11.2. The fourth-order valence-electron chi connectivity index (χ4n) is 1.59. The third kappa shape index (κ3) is 2.81. The maximum atomic E-state index is 13.0. The number of hydrogen-bond acceptors (Lipinski definition) is 1. The van der Waals surface area contributed by atoms with Gasteiger partial charge in [-0.1, -0.05) is 25.8 Å². The Morgan fingerprint density at radius 3 is 2.79 bits per heavy atom. The molecule has 0 spiro atoms. The molecule has 2 heteroatoms. The number of nitrogens with two attached hydrogens (primary N) is 1. The van der Waals surface area contributed by atoms with Crippen LogP contribution in [0.5, 0.6) is 0 Å². The predicted molar refractivity (Wildman–Crippen MR) is 57.6 cm³/mol. The zero-order valence-electron chi connectivity index (χ0n) is 8.89. The molecule has 2 N–H and O–H groups in total. The molecule has 0 aromatic heterocycles. The topological polar surface area (TPSA) is 26.0 Å². The summed E-state index contributed by atoms with van der Waals surface area (Å²) in [6.45, 7) is 4.10. The summed E-state index contributed by atoms with van der Waals surface area (Å²) in [6.07, 6.45) is 3.15. The van der Waals surface area contributed by atoms with Gasteiger partial charge in [0.15, 0.2) is 0 Å². The highest BCUT2D eigenvalue weighted by molar-refractivity contribution is 5.29. The van der Waals surface area contributed by atoms with Crippen molar-refractivity contribution in [2.75, 3.05) is 0 Å². The molecule has 0 heterocycles. The normalized spacial score (nSPS) is 12.9. The second kappa shape index (κ2) is 5.11. The highest BCUT2D eigenvalue weighted by atomic mass is 19.1. The number of halogens is 1. The third-order valence-electron chi connectivity index (χ3n) is 2.51. The SMILES string of the molecule is CCCCC(N)c1cc(F)ccc1C. The summed E-state index contributed by atoms with van der Waals surface area (Å²) in [5, 5.41) is 0. The van der Waals surface area contributed by atoms with Gasteiger partial charge in [0.25, 0.3) is 0 Å². The van der Waals surface area contributed by atoms with Crippen molar-refractivity contribution in [3.8, 4) is 0 Å². The number of aryl methyl sites for hydroxylation is 1. The van der Waals surface area contributed by atoms with Crippen LogP contribution in [0.25, 0.3) is 0 Å². The molecule has 0 aliphatic carbocycles. The quantitative estimate of drug-likeness (QED) is 0.783. The van der Waals surface area contributed by atoms with Crippen molar-refractivity contribution in [2.45, 2.75) is 39.2 Å². The summed E-state index contributed by atoms with van der Waals surface area (Å²) in [5.74, 6) is -0.197. The van der Waals surface area contributed by atoms with Gasteiger partial charge in [-0.3, -0.25) is 0 Å². The van der Waals surface area contributed by atoms with E-state index in [1.54, 1.807) is 12.1 Å². The molecule has 0 saturated heterocycles. The minimum Gasteiger partial charge on any atom is -0.324 e. The lowest BCUT2D eigenvalue weighted by atomic mass is 9.98. The van der Waals surface area contributed by atoms with E-state index in [9.17, 15) is 4.39 Å². The van der Waals surface area contributed by atoms with E-state index in [-0.39, 0.29) is 11.9 Å². The Bertz CT molecular complexity index is 296. The van der Waals surface area contributed by atoms with Crippen LogP contribution in [0.1, 0.15) is 43.4 Å². The minimum absolute atomic E-state index is 0.0225. The second-order valence-electron chi connectivity index (χ2n) is 3.75. The average molecular weight is 195 g/mol. The lowest BCUT2D eigenvalue weighted by molar-refractivity contribution is 0.586. The van der Waals surface area contributed by atoms with E-state index in [1.165, 1.54) is 6.07 Å². The standard InChI is InChI=1S/C12H18FN/c1-3-4-5-12(14)11-8-10(13)7-6-9(11)2/h6-8,12H,3-5,14H2,1-2H3. The molecular weight excluding hydrogens is 177 g/mol. The third-order valence-corrected chi connectivity index (χ3v) is 2.51. The Labute approximate surface area is 85.1 Å². The lowest BCUT2D eigenvalue weighted by Gasteiger charge is -2.14. The van der Waals surface area contributed by atoms with E-state index in [4.69, 9.17) is 5.73 Å². The molecule has 14 heavy (non-hydrogen) atoms. The first-order chi connectivity index (χ1) is 6.65. The van der Waals surface area contributed by atoms with Gasteiger partial charge in [-0.25, -0.2) is 4.39 Å². The van der Waals surface area contributed by atoms with Crippen LogP contribution in [0.2, 0.25) is 0 Å². The van der Waals surface area contributed by atoms with Crippen molar-refractivity contribution in [1.29, 1.82) is 0 Å². The van der Waals surface area contributed by atoms with Crippen LogP contribution < -0.4 is 5.73 Å². The van der Waals surface area contributed by atoms with Crippen LogP contribution in [0.4, 0.5) is 4.39 Å². The molecule has 0 fully saturated rings. The van der Waals surface area contributed by atoms with Crippen molar-refractivity contribution in [1.82, 2.24) is 0 Å². The van der Waals surface area contributed by atoms with Crippen LogP contribution in [0, 0.1) is 12.7 Å². The fraction of sp³-hybridized carbons (Fsp3) is 0.500. The summed E-state index contributed by atoms with van der Waals surface area (Å²) in [7, 11) is 0. The van der Waals surface area contributed by atoms with E-state index in [0.29, 0.717) is 0 Å². The predicted octanol–water partition coefficient (Wildman–Crippen LogP) is 3.32. The van der Waals surface area contributed by atoms with Gasteiger partial charge in [-0.2, -0.15) is 0 Å². The summed E-state index contributed by atoms with van der Waals surface area (Å²) < 4.78 is 13.0. The summed E-state index contributed by atoms with van der Waals surface area (Å²) in [5.41, 5.74) is 8.01. The van der Waals surface area contributed by atoms with Gasteiger partial charge in [0.05, 0.1) is 0 Å². The Kier molecular flexibility index (Phi) is 4.08. The molecular formula is C12H18FN. The van der Waals surface area contributed by atoms with E-state index in [2.05, 4.69) is 6.92 Å². The van der Waals surface area contributed by atoms with Gasteiger partial charge in [0.1, 0.15) is 5.82 Å². The van der Waals surface area contributed by atoms with Crippen LogP contribution in [0.3, 0.4) is 0 Å². The lowest BCUT2D eigenvalue weighted by Crippen LogP contribution is -2.11. The Hall–Kier alpha value is -0.890. The molecule has 1 atom stereocenters. The first-order valence-electron chi connectivity index (χ1n) is 5.16. The molecule has 1 aromatic rings. The maximum absolute atomic E-state index is 13.0. The molecule has 1 nitrogen and oxygen atoms in total. The molecule has 0 radical (unpaired) electrons. The molecule has 0 bridgehead atoms. The van der Waals surface area contributed by atoms with Crippen molar-refractivity contribution in [3.63, 3.8) is 0 Å². The van der Waals surface area contributed by atoms with Gasteiger partial charge in [-0.15, -0.1) is 0 Å². The Morgan fingerprint density at radius 2 is 2.14 bits per heavy atom. The average Bonchev–Trinajstić information content (AvgIpc) is 2.18. The first-order valence-corrected chi connectivity index (χ1v) is 5.16. The monoisotopic (exact) mass is 195 g/mol. The van der Waals surface area contributed by atoms with Crippen LogP contribution in [-0.4, -0.2) is 0 Å². The van der Waals surface area contributed by atoms with E-state index in [0.717, 1.165) is 30.4 Å². The summed E-state index contributed by atoms with van der Waals surface area (Å²) in [4.78, 5) is 0. The van der Waals surface area contributed by atoms with Crippen molar-refractivity contribution in [3.05, 3.63) is 35.1 Å². The number of hydrogen-bond donors (Lipinski definition) is 1. The number of unbranched alkanes of at least 4 members (excludes halogenated alkanes) is 1. The fourth-order valence-corrected chi connectivity index (χ4v) is 1.59. The summed E-state index contributed by atoms with van der Waals surface area (Å²) in [6, 6.07) is 4.79. The zero-order chi connectivity index (χ0) is 10.6. The van der Waals surface area contributed by atoms with Gasteiger partial charge >= 0.3 is 0 Å². The maximum Gasteiger partial charge on any atom is 0.123 e. The molecule has 0 amide bonds. The van der Waals surface area contributed by atoms with Crippen molar-refractivity contribution >= 4 is 0 Å². The van der Waals surface area contributed by atoms with Gasteiger partial charge in [-0.05, 0) is 36.6 Å². The largest absolute Gasteiger partial charge is 0.324 e. The van der Waals surface area contributed by atoms with Gasteiger partial charge < -0.3 is 5.73 Å². The van der Waals surface area contributed by atoms with Crippen LogP contribution in [-0.2, 0) is 0 Å². The molecule has 0 aliphatic rings. The van der Waals surface area contributed by atoms with E-state index in [1.807, 2.05) is 6.92 Å². The Balaban J connectivity index is 2.77. The van der Waals surface area contributed by atoms with Crippen molar-refractivity contribution < 1.29 is 4.39 Å². The molecule has 1 rings (SSSR count). The number of rotatable bonds is 4. The van der Waals surface area contributed by atoms with Crippen LogP contribution in [0.15, 0.2) is 18.2 Å². The second-order valence-corrected chi connectivity index (χ2v) is 3.75. The van der Waals surface area contributed by atoms with Crippen LogP contribution >= 0.6 is 0 Å². The Morgan fingerprint density at radius 1 is 1.43 bits per heavy atom. The molecule has 78 valence electrons. The smallest absolute Gasteiger partial charge is 0.123 e. The van der Waals surface area contributed by atoms with E-state index >= 15 is 0 Å². The molecule has 0 aliphatic heterocycles. The highest BCUT2D eigenvalue weighted by Crippen LogP contribution is 2.21. The van der Waals surface area contributed by atoms with Gasteiger partial charge in [0.2, 0.25) is 0 Å².